The van der Waals surface area contributed by atoms with Crippen molar-refractivity contribution in [2.45, 2.75) is 45.6 Å². The van der Waals surface area contributed by atoms with Crippen molar-refractivity contribution in [3.63, 3.8) is 0 Å². The van der Waals surface area contributed by atoms with Gasteiger partial charge in [-0.15, -0.1) is 0 Å². The second kappa shape index (κ2) is 6.60. The molecule has 3 nitrogen and oxygen atoms in total. The maximum Gasteiger partial charge on any atom is 0.255 e. The molecule has 104 valence electrons. The predicted octanol–water partition coefficient (Wildman–Crippen LogP) is 3.39. The molecule has 0 aromatic heterocycles. The van der Waals surface area contributed by atoms with Crippen molar-refractivity contribution < 1.29 is 9.53 Å². The van der Waals surface area contributed by atoms with Crippen molar-refractivity contribution in [2.24, 2.45) is 5.92 Å². The van der Waals surface area contributed by atoms with E-state index in [-0.39, 0.29) is 5.91 Å². The van der Waals surface area contributed by atoms with Gasteiger partial charge in [0.1, 0.15) is 5.75 Å². The van der Waals surface area contributed by atoms with E-state index in [4.69, 9.17) is 4.74 Å². The van der Waals surface area contributed by atoms with Crippen LogP contribution in [0.2, 0.25) is 0 Å². The van der Waals surface area contributed by atoms with Crippen LogP contribution in [0.15, 0.2) is 24.3 Å². The third kappa shape index (κ3) is 3.49. The van der Waals surface area contributed by atoms with E-state index < -0.39 is 0 Å². The average Bonchev–Trinajstić information content (AvgIpc) is 2.42. The molecule has 2 atom stereocenters. The zero-order valence-corrected chi connectivity index (χ0v) is 11.8. The lowest BCUT2D eigenvalue weighted by molar-refractivity contribution is 0.0906. The standard InChI is InChI=1S/C16H23NO2/c1-3-19-15-11-7-5-9-13(15)16(18)17-14-10-6-4-8-12(14)2/h5,7,9,11-12,14H,3-4,6,8,10H2,1-2H3,(H,17,18)/t12-,14-/m0/s1. The quantitative estimate of drug-likeness (QED) is 0.902. The van der Waals surface area contributed by atoms with Crippen LogP contribution in [-0.2, 0) is 0 Å². The molecule has 1 aliphatic carbocycles. The molecule has 0 radical (unpaired) electrons. The first-order chi connectivity index (χ1) is 9.22. The summed E-state index contributed by atoms with van der Waals surface area (Å²) in [5.41, 5.74) is 0.641. The van der Waals surface area contributed by atoms with E-state index in [2.05, 4.69) is 12.2 Å². The topological polar surface area (TPSA) is 38.3 Å². The van der Waals surface area contributed by atoms with Gasteiger partial charge in [0.25, 0.3) is 5.91 Å². The van der Waals surface area contributed by atoms with Gasteiger partial charge in [0.15, 0.2) is 0 Å². The van der Waals surface area contributed by atoms with Gasteiger partial charge in [-0.2, -0.15) is 0 Å². The van der Waals surface area contributed by atoms with Crippen molar-refractivity contribution >= 4 is 5.91 Å². The highest BCUT2D eigenvalue weighted by molar-refractivity contribution is 5.97. The van der Waals surface area contributed by atoms with Crippen molar-refractivity contribution in [1.29, 1.82) is 0 Å². The van der Waals surface area contributed by atoms with Crippen LogP contribution >= 0.6 is 0 Å². The van der Waals surface area contributed by atoms with Gasteiger partial charge in [-0.1, -0.05) is 31.9 Å². The van der Waals surface area contributed by atoms with E-state index in [0.29, 0.717) is 29.9 Å². The van der Waals surface area contributed by atoms with Crippen LogP contribution in [0, 0.1) is 5.92 Å². The lowest BCUT2D eigenvalue weighted by Gasteiger charge is -2.29. The fourth-order valence-electron chi connectivity index (χ4n) is 2.71. The zero-order chi connectivity index (χ0) is 13.7. The fourth-order valence-corrected chi connectivity index (χ4v) is 2.71. The molecule has 1 aromatic carbocycles. The molecule has 0 unspecified atom stereocenters. The summed E-state index contributed by atoms with van der Waals surface area (Å²) in [6.45, 7) is 4.72. The molecular formula is C16H23NO2. The van der Waals surface area contributed by atoms with Gasteiger partial charge >= 0.3 is 0 Å². The minimum absolute atomic E-state index is 0.0113. The van der Waals surface area contributed by atoms with Crippen molar-refractivity contribution in [2.75, 3.05) is 6.61 Å². The van der Waals surface area contributed by atoms with Crippen molar-refractivity contribution in [3.05, 3.63) is 29.8 Å². The Balaban J connectivity index is 2.06. The summed E-state index contributed by atoms with van der Waals surface area (Å²) in [6.07, 6.45) is 4.78. The molecule has 2 rings (SSSR count). The Labute approximate surface area is 115 Å². The first kappa shape index (κ1) is 13.9. The summed E-state index contributed by atoms with van der Waals surface area (Å²) in [4.78, 5) is 12.4. The lowest BCUT2D eigenvalue weighted by Crippen LogP contribution is -2.41. The van der Waals surface area contributed by atoms with Crippen LogP contribution in [0.5, 0.6) is 5.75 Å². The Hall–Kier alpha value is -1.51. The largest absolute Gasteiger partial charge is 0.493 e. The summed E-state index contributed by atoms with van der Waals surface area (Å²) in [5.74, 6) is 1.23. The Morgan fingerprint density at radius 1 is 1.32 bits per heavy atom. The van der Waals surface area contributed by atoms with Gasteiger partial charge in [-0.05, 0) is 37.8 Å². The Morgan fingerprint density at radius 2 is 2.05 bits per heavy atom. The maximum atomic E-state index is 12.4. The van der Waals surface area contributed by atoms with E-state index in [0.717, 1.165) is 6.42 Å². The van der Waals surface area contributed by atoms with Crippen LogP contribution < -0.4 is 10.1 Å². The number of ether oxygens (including phenoxy) is 1. The molecule has 0 saturated heterocycles. The number of carbonyl (C=O) groups excluding carboxylic acids is 1. The number of para-hydroxylation sites is 1. The van der Waals surface area contributed by atoms with Crippen LogP contribution in [0.3, 0.4) is 0 Å². The smallest absolute Gasteiger partial charge is 0.255 e. The van der Waals surface area contributed by atoms with Gasteiger partial charge in [0.2, 0.25) is 0 Å². The van der Waals surface area contributed by atoms with Gasteiger partial charge < -0.3 is 10.1 Å². The van der Waals surface area contributed by atoms with Gasteiger partial charge in [0, 0.05) is 6.04 Å². The predicted molar refractivity (Wildman–Crippen MR) is 76.5 cm³/mol. The van der Waals surface area contributed by atoms with E-state index in [9.17, 15) is 4.79 Å². The molecule has 1 aromatic rings. The number of hydrogen-bond donors (Lipinski definition) is 1. The molecule has 1 fully saturated rings. The summed E-state index contributed by atoms with van der Waals surface area (Å²) in [5, 5.41) is 3.16. The monoisotopic (exact) mass is 261 g/mol. The highest BCUT2D eigenvalue weighted by Crippen LogP contribution is 2.25. The molecule has 0 bridgehead atoms. The summed E-state index contributed by atoms with van der Waals surface area (Å²) in [6, 6.07) is 7.75. The van der Waals surface area contributed by atoms with E-state index in [1.165, 1.54) is 19.3 Å². The number of amides is 1. The highest BCUT2D eigenvalue weighted by Gasteiger charge is 2.24. The van der Waals surface area contributed by atoms with E-state index >= 15 is 0 Å². The zero-order valence-electron chi connectivity index (χ0n) is 11.8. The molecule has 0 aliphatic heterocycles. The second-order valence-corrected chi connectivity index (χ2v) is 5.27. The molecule has 1 amide bonds. The summed E-state index contributed by atoms with van der Waals surface area (Å²) >= 11 is 0. The highest BCUT2D eigenvalue weighted by atomic mass is 16.5. The number of rotatable bonds is 4. The van der Waals surface area contributed by atoms with Crippen molar-refractivity contribution in [1.82, 2.24) is 5.32 Å². The lowest BCUT2D eigenvalue weighted by atomic mass is 9.86. The number of carbonyl (C=O) groups is 1. The first-order valence-electron chi connectivity index (χ1n) is 7.25. The Kier molecular flexibility index (Phi) is 4.83. The molecule has 0 spiro atoms. The molecule has 1 aliphatic rings. The summed E-state index contributed by atoms with van der Waals surface area (Å²) in [7, 11) is 0. The number of benzene rings is 1. The van der Waals surface area contributed by atoms with Crippen LogP contribution in [0.1, 0.15) is 49.9 Å². The molecule has 0 heterocycles. The third-order valence-corrected chi connectivity index (χ3v) is 3.86. The van der Waals surface area contributed by atoms with E-state index in [1.807, 2.05) is 31.2 Å². The normalized spacial score (nSPS) is 22.8. The first-order valence-corrected chi connectivity index (χ1v) is 7.25. The fraction of sp³-hybridized carbons (Fsp3) is 0.562. The van der Waals surface area contributed by atoms with Gasteiger partial charge in [0.05, 0.1) is 12.2 Å². The van der Waals surface area contributed by atoms with Crippen LogP contribution in [0.25, 0.3) is 0 Å². The minimum atomic E-state index is -0.0113. The van der Waals surface area contributed by atoms with E-state index in [1.54, 1.807) is 0 Å². The minimum Gasteiger partial charge on any atom is -0.493 e. The number of hydrogen-bond acceptors (Lipinski definition) is 2. The van der Waals surface area contributed by atoms with Crippen LogP contribution in [-0.4, -0.2) is 18.6 Å². The molecular weight excluding hydrogens is 238 g/mol. The SMILES string of the molecule is CCOc1ccccc1C(=O)N[C@H]1CCCC[C@@H]1C. The molecule has 1 saturated carbocycles. The Bertz CT molecular complexity index is 431. The van der Waals surface area contributed by atoms with Crippen LogP contribution in [0.4, 0.5) is 0 Å². The van der Waals surface area contributed by atoms with Gasteiger partial charge in [-0.3, -0.25) is 4.79 Å². The molecule has 3 heteroatoms. The second-order valence-electron chi connectivity index (χ2n) is 5.27. The third-order valence-electron chi connectivity index (χ3n) is 3.86. The number of nitrogens with one attached hydrogen (secondary N) is 1. The van der Waals surface area contributed by atoms with Gasteiger partial charge in [-0.25, -0.2) is 0 Å². The van der Waals surface area contributed by atoms with Crippen molar-refractivity contribution in [3.8, 4) is 5.75 Å². The maximum absolute atomic E-state index is 12.4. The molecule has 1 N–H and O–H groups in total. The summed E-state index contributed by atoms with van der Waals surface area (Å²) < 4.78 is 5.51. The average molecular weight is 261 g/mol. The molecule has 19 heavy (non-hydrogen) atoms. The Morgan fingerprint density at radius 3 is 2.79 bits per heavy atom.